The fraction of sp³-hybridized carbons (Fsp3) is 0.333. The fourth-order valence-corrected chi connectivity index (χ4v) is 3.44. The number of nitrogens with one attached hydrogen (secondary N) is 1. The topological polar surface area (TPSA) is 45.2 Å². The average Bonchev–Trinajstić information content (AvgIpc) is 2.84. The first kappa shape index (κ1) is 13.1. The quantitative estimate of drug-likeness (QED) is 0.923. The van der Waals surface area contributed by atoms with Gasteiger partial charge in [-0.15, -0.1) is 11.3 Å². The highest BCUT2D eigenvalue weighted by atomic mass is 32.1. The Labute approximate surface area is 122 Å². The van der Waals surface area contributed by atoms with Crippen LogP contribution in [0.4, 0.5) is 11.5 Å². The lowest BCUT2D eigenvalue weighted by molar-refractivity contribution is 0.102. The van der Waals surface area contributed by atoms with Crippen molar-refractivity contribution in [2.45, 2.75) is 19.8 Å². The number of carbonyl (C=O) groups excluding carboxylic acids is 1. The summed E-state index contributed by atoms with van der Waals surface area (Å²) < 4.78 is 0. The predicted octanol–water partition coefficient (Wildman–Crippen LogP) is 3.09. The van der Waals surface area contributed by atoms with E-state index < -0.39 is 0 Å². The van der Waals surface area contributed by atoms with Gasteiger partial charge in [-0.1, -0.05) is 12.1 Å². The minimum Gasteiger partial charge on any atom is -0.359 e. The van der Waals surface area contributed by atoms with Gasteiger partial charge in [0, 0.05) is 24.2 Å². The van der Waals surface area contributed by atoms with Gasteiger partial charge < -0.3 is 10.2 Å². The van der Waals surface area contributed by atoms with Crippen molar-refractivity contribution in [1.82, 2.24) is 4.98 Å². The first-order valence-corrected chi connectivity index (χ1v) is 7.54. The van der Waals surface area contributed by atoms with Crippen molar-refractivity contribution in [2.24, 2.45) is 0 Å². The lowest BCUT2D eigenvalue weighted by atomic mass is 10.2. The van der Waals surface area contributed by atoms with Gasteiger partial charge in [0.15, 0.2) is 5.01 Å². The highest BCUT2D eigenvalue weighted by Gasteiger charge is 2.22. The third-order valence-electron chi connectivity index (χ3n) is 3.41. The largest absolute Gasteiger partial charge is 0.359 e. The van der Waals surface area contributed by atoms with Crippen LogP contribution >= 0.6 is 11.3 Å². The molecule has 0 aliphatic carbocycles. The zero-order chi connectivity index (χ0) is 14.1. The second kappa shape index (κ2) is 5.25. The zero-order valence-corrected chi connectivity index (χ0v) is 12.5. The summed E-state index contributed by atoms with van der Waals surface area (Å²) in [6.07, 6.45) is 2.15. The summed E-state index contributed by atoms with van der Waals surface area (Å²) in [4.78, 5) is 20.1. The molecule has 1 aliphatic heterocycles. The SMILES string of the molecule is Cc1cccc(NC(=O)c2nc3c(s2)CCCN3C)c1. The summed E-state index contributed by atoms with van der Waals surface area (Å²) in [6.45, 7) is 3.02. The molecule has 104 valence electrons. The molecule has 1 aromatic carbocycles. The zero-order valence-electron chi connectivity index (χ0n) is 11.6. The molecule has 2 aromatic rings. The molecule has 0 spiro atoms. The van der Waals surface area contributed by atoms with E-state index in [-0.39, 0.29) is 5.91 Å². The van der Waals surface area contributed by atoms with Gasteiger partial charge in [-0.05, 0) is 37.5 Å². The van der Waals surface area contributed by atoms with Gasteiger partial charge in [0.2, 0.25) is 0 Å². The number of carbonyl (C=O) groups is 1. The van der Waals surface area contributed by atoms with Crippen LogP contribution in [0.1, 0.15) is 26.7 Å². The third kappa shape index (κ3) is 2.54. The number of amides is 1. The van der Waals surface area contributed by atoms with Crippen molar-refractivity contribution < 1.29 is 4.79 Å². The van der Waals surface area contributed by atoms with Crippen LogP contribution < -0.4 is 10.2 Å². The molecule has 3 rings (SSSR count). The van der Waals surface area contributed by atoms with Crippen LogP contribution in [0, 0.1) is 6.92 Å². The molecule has 1 aliphatic rings. The molecular weight excluding hydrogens is 270 g/mol. The molecule has 20 heavy (non-hydrogen) atoms. The van der Waals surface area contributed by atoms with Crippen molar-refractivity contribution >= 4 is 28.7 Å². The molecule has 0 radical (unpaired) electrons. The maximum atomic E-state index is 12.3. The molecule has 0 saturated heterocycles. The molecule has 0 saturated carbocycles. The summed E-state index contributed by atoms with van der Waals surface area (Å²) in [5, 5.41) is 3.46. The van der Waals surface area contributed by atoms with E-state index in [0.717, 1.165) is 36.5 Å². The number of hydrogen-bond acceptors (Lipinski definition) is 4. The fourth-order valence-electron chi connectivity index (χ4n) is 2.39. The highest BCUT2D eigenvalue weighted by molar-refractivity contribution is 7.14. The molecule has 1 N–H and O–H groups in total. The number of thiazole rings is 1. The van der Waals surface area contributed by atoms with Crippen LogP contribution in [-0.4, -0.2) is 24.5 Å². The second-order valence-electron chi connectivity index (χ2n) is 5.11. The Bertz CT molecular complexity index is 650. The molecule has 0 atom stereocenters. The molecule has 1 amide bonds. The van der Waals surface area contributed by atoms with Crippen LogP contribution in [0.15, 0.2) is 24.3 Å². The monoisotopic (exact) mass is 287 g/mol. The van der Waals surface area contributed by atoms with Gasteiger partial charge in [-0.25, -0.2) is 4.98 Å². The van der Waals surface area contributed by atoms with Crippen molar-refractivity contribution in [3.8, 4) is 0 Å². The van der Waals surface area contributed by atoms with E-state index in [4.69, 9.17) is 0 Å². The summed E-state index contributed by atoms with van der Waals surface area (Å²) in [7, 11) is 2.03. The van der Waals surface area contributed by atoms with Crippen molar-refractivity contribution in [2.75, 3.05) is 23.8 Å². The first-order chi connectivity index (χ1) is 9.63. The van der Waals surface area contributed by atoms with Gasteiger partial charge in [-0.2, -0.15) is 0 Å². The predicted molar refractivity (Wildman–Crippen MR) is 82.8 cm³/mol. The Hall–Kier alpha value is -1.88. The minimum atomic E-state index is -0.122. The molecule has 5 heteroatoms. The lowest BCUT2D eigenvalue weighted by Gasteiger charge is -2.22. The Balaban J connectivity index is 1.81. The van der Waals surface area contributed by atoms with Crippen molar-refractivity contribution in [3.05, 3.63) is 39.7 Å². The number of rotatable bonds is 2. The number of hydrogen-bond donors (Lipinski definition) is 1. The number of fused-ring (bicyclic) bond motifs is 1. The van der Waals surface area contributed by atoms with Gasteiger partial charge in [0.1, 0.15) is 5.82 Å². The van der Waals surface area contributed by atoms with Gasteiger partial charge in [0.25, 0.3) is 5.91 Å². The summed E-state index contributed by atoms with van der Waals surface area (Å²) in [5.74, 6) is 0.846. The summed E-state index contributed by atoms with van der Waals surface area (Å²) in [6, 6.07) is 7.79. The molecule has 1 aromatic heterocycles. The number of anilines is 2. The Morgan fingerprint density at radius 1 is 1.45 bits per heavy atom. The van der Waals surface area contributed by atoms with Gasteiger partial charge >= 0.3 is 0 Å². The minimum absolute atomic E-state index is 0.122. The Morgan fingerprint density at radius 2 is 2.30 bits per heavy atom. The van der Waals surface area contributed by atoms with Crippen LogP contribution in [-0.2, 0) is 6.42 Å². The Kier molecular flexibility index (Phi) is 3.44. The van der Waals surface area contributed by atoms with Crippen molar-refractivity contribution in [1.29, 1.82) is 0 Å². The van der Waals surface area contributed by atoms with Crippen LogP contribution in [0.2, 0.25) is 0 Å². The number of nitrogens with zero attached hydrogens (tertiary/aromatic N) is 2. The summed E-state index contributed by atoms with van der Waals surface area (Å²) >= 11 is 1.51. The average molecular weight is 287 g/mol. The maximum Gasteiger partial charge on any atom is 0.284 e. The molecule has 0 bridgehead atoms. The molecule has 0 unspecified atom stereocenters. The Morgan fingerprint density at radius 3 is 3.05 bits per heavy atom. The van der Waals surface area contributed by atoms with Crippen molar-refractivity contribution in [3.63, 3.8) is 0 Å². The van der Waals surface area contributed by atoms with Crippen LogP contribution in [0.25, 0.3) is 0 Å². The van der Waals surface area contributed by atoms with E-state index in [1.165, 1.54) is 16.2 Å². The first-order valence-electron chi connectivity index (χ1n) is 6.72. The summed E-state index contributed by atoms with van der Waals surface area (Å²) in [5.41, 5.74) is 1.94. The molecule has 4 nitrogen and oxygen atoms in total. The van der Waals surface area contributed by atoms with E-state index in [0.29, 0.717) is 5.01 Å². The van der Waals surface area contributed by atoms with E-state index in [2.05, 4.69) is 15.2 Å². The number of aromatic nitrogens is 1. The van der Waals surface area contributed by atoms with Crippen LogP contribution in [0.3, 0.4) is 0 Å². The second-order valence-corrected chi connectivity index (χ2v) is 6.20. The highest BCUT2D eigenvalue weighted by Crippen LogP contribution is 2.31. The van der Waals surface area contributed by atoms with Gasteiger partial charge in [0.05, 0.1) is 0 Å². The molecular formula is C15H17N3OS. The maximum absolute atomic E-state index is 12.3. The third-order valence-corrected chi connectivity index (χ3v) is 4.51. The molecule has 2 heterocycles. The number of benzene rings is 1. The van der Waals surface area contributed by atoms with E-state index in [9.17, 15) is 4.79 Å². The van der Waals surface area contributed by atoms with Gasteiger partial charge in [-0.3, -0.25) is 4.79 Å². The number of aryl methyl sites for hydroxylation is 2. The standard InChI is InChI=1S/C15H17N3OS/c1-10-5-3-6-11(9-10)16-14(19)15-17-13-12(20-15)7-4-8-18(13)2/h3,5-6,9H,4,7-8H2,1-2H3,(H,16,19). The van der Waals surface area contributed by atoms with E-state index in [1.807, 2.05) is 38.2 Å². The van der Waals surface area contributed by atoms with E-state index in [1.54, 1.807) is 0 Å². The molecule has 0 fully saturated rings. The van der Waals surface area contributed by atoms with Crippen LogP contribution in [0.5, 0.6) is 0 Å². The normalized spacial score (nSPS) is 14.0. The smallest absolute Gasteiger partial charge is 0.284 e. The lowest BCUT2D eigenvalue weighted by Crippen LogP contribution is -2.24. The van der Waals surface area contributed by atoms with E-state index >= 15 is 0 Å².